The van der Waals surface area contributed by atoms with Crippen LogP contribution in [0, 0.1) is 5.82 Å². The van der Waals surface area contributed by atoms with E-state index in [9.17, 15) is 4.39 Å². The molecule has 6 heteroatoms. The highest BCUT2D eigenvalue weighted by Gasteiger charge is 2.04. The molecule has 1 aromatic heterocycles. The van der Waals surface area contributed by atoms with Crippen LogP contribution >= 0.6 is 0 Å². The van der Waals surface area contributed by atoms with Crippen LogP contribution in [0.15, 0.2) is 40.7 Å². The molecule has 0 saturated carbocycles. The molecule has 0 bridgehead atoms. The number of rotatable bonds is 2. The zero-order valence-electron chi connectivity index (χ0n) is 8.84. The molecular formula is C11H10FN5. The summed E-state index contributed by atoms with van der Waals surface area (Å²) >= 11 is 0. The van der Waals surface area contributed by atoms with E-state index in [0.29, 0.717) is 16.5 Å². The number of guanidine groups is 1. The van der Waals surface area contributed by atoms with Gasteiger partial charge in [-0.05, 0) is 24.3 Å². The summed E-state index contributed by atoms with van der Waals surface area (Å²) in [5.41, 5.74) is 11.4. The minimum absolute atomic E-state index is 0.138. The molecule has 0 unspecified atom stereocenters. The third-order valence-corrected chi connectivity index (χ3v) is 2.12. The summed E-state index contributed by atoms with van der Waals surface area (Å²) in [5, 5.41) is 7.57. The Morgan fingerprint density at radius 3 is 2.88 bits per heavy atom. The first-order valence-electron chi connectivity index (χ1n) is 4.83. The van der Waals surface area contributed by atoms with Crippen LogP contribution in [0.5, 0.6) is 0 Å². The Morgan fingerprint density at radius 1 is 1.29 bits per heavy atom. The maximum atomic E-state index is 13.5. The fraction of sp³-hybridized carbons (Fsp3) is 0. The number of hydrogen-bond donors (Lipinski definition) is 2. The molecule has 2 rings (SSSR count). The summed E-state index contributed by atoms with van der Waals surface area (Å²) in [6.07, 6.45) is 3.01. The van der Waals surface area contributed by atoms with Gasteiger partial charge < -0.3 is 11.5 Å². The van der Waals surface area contributed by atoms with Gasteiger partial charge in [-0.25, -0.2) is 4.39 Å². The smallest absolute Gasteiger partial charge is 0.211 e. The molecule has 0 saturated heterocycles. The zero-order chi connectivity index (χ0) is 12.3. The topological polar surface area (TPSA) is 89.7 Å². The number of fused-ring (bicyclic) bond motifs is 1. The molecule has 0 fully saturated rings. The standard InChI is InChI=1S/C11H10FN5/c12-9-4-3-7(6-16-17-11(13)14)10-8(9)2-1-5-15-10/h1-6H,(H4,13,14,17). The first kappa shape index (κ1) is 11.0. The van der Waals surface area contributed by atoms with Crippen molar-refractivity contribution in [2.75, 3.05) is 0 Å². The van der Waals surface area contributed by atoms with Crippen molar-refractivity contribution >= 4 is 23.1 Å². The number of nitrogens with zero attached hydrogens (tertiary/aromatic N) is 3. The molecule has 1 aromatic carbocycles. The van der Waals surface area contributed by atoms with Gasteiger partial charge in [-0.15, -0.1) is 5.10 Å². The van der Waals surface area contributed by atoms with Crippen molar-refractivity contribution in [1.29, 1.82) is 0 Å². The average Bonchev–Trinajstić information content (AvgIpc) is 2.32. The SMILES string of the molecule is NC(N)=NN=Cc1ccc(F)c2cccnc12. The van der Waals surface area contributed by atoms with E-state index in [0.717, 1.165) is 0 Å². The van der Waals surface area contributed by atoms with Crippen molar-refractivity contribution in [3.05, 3.63) is 41.8 Å². The van der Waals surface area contributed by atoms with E-state index in [2.05, 4.69) is 15.2 Å². The second-order valence-electron chi connectivity index (χ2n) is 3.31. The minimum atomic E-state index is -0.327. The van der Waals surface area contributed by atoms with E-state index in [1.54, 1.807) is 24.4 Å². The van der Waals surface area contributed by atoms with Crippen LogP contribution in [-0.4, -0.2) is 17.2 Å². The van der Waals surface area contributed by atoms with Gasteiger partial charge in [-0.2, -0.15) is 5.10 Å². The molecule has 86 valence electrons. The number of halogens is 1. The molecule has 0 amide bonds. The highest BCUT2D eigenvalue weighted by Crippen LogP contribution is 2.18. The third kappa shape index (κ3) is 2.36. The predicted molar refractivity (Wildman–Crippen MR) is 65.1 cm³/mol. The summed E-state index contributed by atoms with van der Waals surface area (Å²) in [4.78, 5) is 4.10. The molecule has 0 spiro atoms. The number of hydrogen-bond acceptors (Lipinski definition) is 3. The average molecular weight is 231 g/mol. The molecule has 0 radical (unpaired) electrons. The molecule has 0 aliphatic heterocycles. The quantitative estimate of drug-likeness (QED) is 0.458. The van der Waals surface area contributed by atoms with Gasteiger partial charge in [0.15, 0.2) is 0 Å². The van der Waals surface area contributed by atoms with Gasteiger partial charge in [-0.3, -0.25) is 4.98 Å². The van der Waals surface area contributed by atoms with Gasteiger partial charge in [0.2, 0.25) is 5.96 Å². The number of benzene rings is 1. The van der Waals surface area contributed by atoms with Crippen LogP contribution < -0.4 is 11.5 Å². The molecule has 0 aliphatic carbocycles. The maximum Gasteiger partial charge on any atom is 0.211 e. The fourth-order valence-corrected chi connectivity index (χ4v) is 1.42. The summed E-state index contributed by atoms with van der Waals surface area (Å²) in [7, 11) is 0. The Labute approximate surface area is 96.7 Å². The molecule has 2 aromatic rings. The summed E-state index contributed by atoms with van der Waals surface area (Å²) in [5.74, 6) is -0.465. The lowest BCUT2D eigenvalue weighted by Gasteiger charge is -2.01. The Bertz CT molecular complexity index is 602. The van der Waals surface area contributed by atoms with Gasteiger partial charge >= 0.3 is 0 Å². The van der Waals surface area contributed by atoms with E-state index in [4.69, 9.17) is 11.5 Å². The zero-order valence-corrected chi connectivity index (χ0v) is 8.84. The van der Waals surface area contributed by atoms with E-state index >= 15 is 0 Å². The van der Waals surface area contributed by atoms with Crippen LogP contribution in [-0.2, 0) is 0 Å². The van der Waals surface area contributed by atoms with Gasteiger partial charge in [0.05, 0.1) is 11.7 Å². The number of aromatic nitrogens is 1. The molecule has 0 atom stereocenters. The summed E-state index contributed by atoms with van der Waals surface area (Å²) < 4.78 is 13.5. The van der Waals surface area contributed by atoms with Crippen LogP contribution in [0.2, 0.25) is 0 Å². The van der Waals surface area contributed by atoms with Crippen molar-refractivity contribution in [1.82, 2.24) is 4.98 Å². The van der Waals surface area contributed by atoms with E-state index in [-0.39, 0.29) is 11.8 Å². The van der Waals surface area contributed by atoms with E-state index < -0.39 is 0 Å². The van der Waals surface area contributed by atoms with Crippen molar-refractivity contribution < 1.29 is 4.39 Å². The summed E-state index contributed by atoms with van der Waals surface area (Å²) in [6.45, 7) is 0. The fourth-order valence-electron chi connectivity index (χ4n) is 1.42. The molecule has 1 heterocycles. The number of nitrogens with two attached hydrogens (primary N) is 2. The Morgan fingerprint density at radius 2 is 2.12 bits per heavy atom. The van der Waals surface area contributed by atoms with Crippen molar-refractivity contribution in [3.63, 3.8) is 0 Å². The lowest BCUT2D eigenvalue weighted by molar-refractivity contribution is 0.639. The molecular weight excluding hydrogens is 221 g/mol. The van der Waals surface area contributed by atoms with Crippen LogP contribution in [0.1, 0.15) is 5.56 Å². The van der Waals surface area contributed by atoms with Crippen molar-refractivity contribution in [2.24, 2.45) is 21.7 Å². The first-order chi connectivity index (χ1) is 8.18. The molecule has 0 aliphatic rings. The van der Waals surface area contributed by atoms with Gasteiger partial charge in [0.25, 0.3) is 0 Å². The molecule has 17 heavy (non-hydrogen) atoms. The monoisotopic (exact) mass is 231 g/mol. The van der Waals surface area contributed by atoms with Crippen LogP contribution in [0.3, 0.4) is 0 Å². The highest BCUT2D eigenvalue weighted by molar-refractivity contribution is 5.97. The van der Waals surface area contributed by atoms with Gasteiger partial charge in [0.1, 0.15) is 5.82 Å². The van der Waals surface area contributed by atoms with Crippen LogP contribution in [0.4, 0.5) is 4.39 Å². The summed E-state index contributed by atoms with van der Waals surface area (Å²) in [6, 6.07) is 6.23. The Balaban J connectivity index is 2.52. The van der Waals surface area contributed by atoms with Gasteiger partial charge in [0, 0.05) is 17.1 Å². The Hall–Kier alpha value is -2.50. The van der Waals surface area contributed by atoms with E-state index in [1.807, 2.05) is 0 Å². The lowest BCUT2D eigenvalue weighted by atomic mass is 10.1. The minimum Gasteiger partial charge on any atom is -0.369 e. The third-order valence-electron chi connectivity index (χ3n) is 2.12. The highest BCUT2D eigenvalue weighted by atomic mass is 19.1. The van der Waals surface area contributed by atoms with Crippen LogP contribution in [0.25, 0.3) is 10.9 Å². The van der Waals surface area contributed by atoms with Gasteiger partial charge in [-0.1, -0.05) is 0 Å². The normalized spacial score (nSPS) is 10.9. The number of pyridine rings is 1. The van der Waals surface area contributed by atoms with E-state index in [1.165, 1.54) is 12.3 Å². The second-order valence-corrected chi connectivity index (χ2v) is 3.31. The Kier molecular flexibility index (Phi) is 2.95. The lowest BCUT2D eigenvalue weighted by Crippen LogP contribution is -2.21. The van der Waals surface area contributed by atoms with Crippen molar-refractivity contribution in [3.8, 4) is 0 Å². The largest absolute Gasteiger partial charge is 0.369 e. The first-order valence-corrected chi connectivity index (χ1v) is 4.83. The molecule has 5 nitrogen and oxygen atoms in total. The maximum absolute atomic E-state index is 13.5. The second kappa shape index (κ2) is 4.56. The predicted octanol–water partition coefficient (Wildman–Crippen LogP) is 0.981. The van der Waals surface area contributed by atoms with Crippen molar-refractivity contribution in [2.45, 2.75) is 0 Å². The molecule has 4 N–H and O–H groups in total.